The van der Waals surface area contributed by atoms with Crippen LogP contribution in [-0.4, -0.2) is 23.0 Å². The predicted octanol–water partition coefficient (Wildman–Crippen LogP) is 1.65. The van der Waals surface area contributed by atoms with Crippen LogP contribution in [0.2, 0.25) is 0 Å². The fraction of sp³-hybridized carbons (Fsp3) is 0.538. The van der Waals surface area contributed by atoms with Gasteiger partial charge in [-0.05, 0) is 45.4 Å². The Kier molecular flexibility index (Phi) is 5.10. The average molecular weight is 235 g/mol. The molecule has 0 fully saturated rings. The van der Waals surface area contributed by atoms with Crippen molar-refractivity contribution in [1.82, 2.24) is 15.6 Å². The number of nitrogens with one attached hydrogen (secondary N) is 2. The predicted molar refractivity (Wildman–Crippen MR) is 68.5 cm³/mol. The van der Waals surface area contributed by atoms with Crippen molar-refractivity contribution in [3.63, 3.8) is 0 Å². The van der Waals surface area contributed by atoms with E-state index in [0.717, 1.165) is 5.56 Å². The van der Waals surface area contributed by atoms with Crippen LogP contribution in [0, 0.1) is 0 Å². The van der Waals surface area contributed by atoms with E-state index in [2.05, 4.69) is 15.6 Å². The molecule has 1 unspecified atom stereocenters. The number of hydrogen-bond acceptors (Lipinski definition) is 3. The minimum Gasteiger partial charge on any atom is -0.353 e. The van der Waals surface area contributed by atoms with E-state index in [9.17, 15) is 4.79 Å². The molecule has 1 rings (SSSR count). The third-order valence-electron chi connectivity index (χ3n) is 2.53. The first-order valence-corrected chi connectivity index (χ1v) is 5.97. The number of rotatable bonds is 5. The fourth-order valence-electron chi connectivity index (χ4n) is 1.61. The second kappa shape index (κ2) is 6.35. The Morgan fingerprint density at radius 3 is 2.29 bits per heavy atom. The summed E-state index contributed by atoms with van der Waals surface area (Å²) >= 11 is 0. The molecule has 1 amide bonds. The van der Waals surface area contributed by atoms with Crippen molar-refractivity contribution in [2.45, 2.75) is 45.8 Å². The Morgan fingerprint density at radius 2 is 1.76 bits per heavy atom. The molecule has 0 aliphatic carbocycles. The highest BCUT2D eigenvalue weighted by Crippen LogP contribution is 2.10. The van der Waals surface area contributed by atoms with Crippen LogP contribution in [0.15, 0.2) is 24.5 Å². The molecule has 0 saturated heterocycles. The van der Waals surface area contributed by atoms with E-state index in [4.69, 9.17) is 0 Å². The second-order valence-corrected chi connectivity index (χ2v) is 4.55. The van der Waals surface area contributed by atoms with Gasteiger partial charge in [0, 0.05) is 24.5 Å². The Hall–Kier alpha value is -1.42. The monoisotopic (exact) mass is 235 g/mol. The van der Waals surface area contributed by atoms with Crippen LogP contribution >= 0.6 is 0 Å². The summed E-state index contributed by atoms with van der Waals surface area (Å²) in [6, 6.07) is 3.99. The lowest BCUT2D eigenvalue weighted by Crippen LogP contribution is -2.45. The summed E-state index contributed by atoms with van der Waals surface area (Å²) in [5.74, 6) is 0.0286. The average Bonchev–Trinajstić information content (AvgIpc) is 2.29. The van der Waals surface area contributed by atoms with Gasteiger partial charge in [0.05, 0.1) is 6.04 Å². The van der Waals surface area contributed by atoms with E-state index in [1.807, 2.05) is 39.8 Å². The molecule has 0 aromatic carbocycles. The van der Waals surface area contributed by atoms with Gasteiger partial charge in [0.2, 0.25) is 5.91 Å². The molecule has 2 N–H and O–H groups in total. The molecular formula is C13H21N3O. The van der Waals surface area contributed by atoms with E-state index in [1.54, 1.807) is 12.4 Å². The lowest BCUT2D eigenvalue weighted by molar-refractivity contribution is -0.123. The number of hydrogen-bond donors (Lipinski definition) is 2. The highest BCUT2D eigenvalue weighted by Gasteiger charge is 2.16. The topological polar surface area (TPSA) is 54.0 Å². The molecule has 1 aromatic heterocycles. The number of nitrogens with zero attached hydrogens (tertiary/aromatic N) is 1. The standard InChI is InChI=1S/C13H21N3O/c1-9(2)15-13(17)11(4)16-10(3)12-5-7-14-8-6-12/h5-11,16H,1-4H3,(H,15,17)/t10-,11?/m0/s1. The van der Waals surface area contributed by atoms with Crippen LogP contribution in [-0.2, 0) is 4.79 Å². The fourth-order valence-corrected chi connectivity index (χ4v) is 1.61. The molecule has 0 saturated carbocycles. The van der Waals surface area contributed by atoms with Crippen LogP contribution in [0.4, 0.5) is 0 Å². The highest BCUT2D eigenvalue weighted by molar-refractivity contribution is 5.81. The maximum Gasteiger partial charge on any atom is 0.237 e. The van der Waals surface area contributed by atoms with Crippen LogP contribution in [0.5, 0.6) is 0 Å². The lowest BCUT2D eigenvalue weighted by Gasteiger charge is -2.20. The zero-order valence-corrected chi connectivity index (χ0v) is 10.9. The molecule has 94 valence electrons. The molecule has 17 heavy (non-hydrogen) atoms. The quantitative estimate of drug-likeness (QED) is 0.816. The van der Waals surface area contributed by atoms with Crippen molar-refractivity contribution in [3.8, 4) is 0 Å². The molecule has 4 nitrogen and oxygen atoms in total. The van der Waals surface area contributed by atoms with Crippen molar-refractivity contribution < 1.29 is 4.79 Å². The molecule has 1 heterocycles. The van der Waals surface area contributed by atoms with Crippen LogP contribution in [0.25, 0.3) is 0 Å². The van der Waals surface area contributed by atoms with Crippen LogP contribution < -0.4 is 10.6 Å². The molecule has 0 aliphatic heterocycles. The normalized spacial score (nSPS) is 14.4. The van der Waals surface area contributed by atoms with Crippen molar-refractivity contribution in [2.24, 2.45) is 0 Å². The van der Waals surface area contributed by atoms with Gasteiger partial charge in [-0.2, -0.15) is 0 Å². The maximum atomic E-state index is 11.7. The Balaban J connectivity index is 2.51. The number of pyridine rings is 1. The van der Waals surface area contributed by atoms with Gasteiger partial charge < -0.3 is 5.32 Å². The summed E-state index contributed by atoms with van der Waals surface area (Å²) in [6.45, 7) is 7.82. The van der Waals surface area contributed by atoms with Crippen LogP contribution in [0.3, 0.4) is 0 Å². The molecule has 2 atom stereocenters. The van der Waals surface area contributed by atoms with Gasteiger partial charge >= 0.3 is 0 Å². The minimum absolute atomic E-state index is 0.0286. The van der Waals surface area contributed by atoms with E-state index in [0.29, 0.717) is 0 Å². The molecular weight excluding hydrogens is 214 g/mol. The van der Waals surface area contributed by atoms with Gasteiger partial charge in [0.1, 0.15) is 0 Å². The van der Waals surface area contributed by atoms with Gasteiger partial charge in [-0.3, -0.25) is 15.1 Å². The molecule has 0 radical (unpaired) electrons. The number of aromatic nitrogens is 1. The Bertz CT molecular complexity index is 351. The van der Waals surface area contributed by atoms with Gasteiger partial charge in [-0.15, -0.1) is 0 Å². The summed E-state index contributed by atoms with van der Waals surface area (Å²) in [5, 5.41) is 6.15. The first-order chi connectivity index (χ1) is 8.00. The van der Waals surface area contributed by atoms with Crippen molar-refractivity contribution >= 4 is 5.91 Å². The van der Waals surface area contributed by atoms with Crippen molar-refractivity contribution in [3.05, 3.63) is 30.1 Å². The largest absolute Gasteiger partial charge is 0.353 e. The molecule has 1 aromatic rings. The zero-order valence-electron chi connectivity index (χ0n) is 10.9. The molecule has 0 aliphatic rings. The SMILES string of the molecule is CC(C)NC(=O)C(C)N[C@@H](C)c1ccncc1. The third kappa shape index (κ3) is 4.53. The Morgan fingerprint density at radius 1 is 1.18 bits per heavy atom. The smallest absolute Gasteiger partial charge is 0.237 e. The van der Waals surface area contributed by atoms with Crippen molar-refractivity contribution in [1.29, 1.82) is 0 Å². The van der Waals surface area contributed by atoms with Crippen LogP contribution in [0.1, 0.15) is 39.3 Å². The van der Waals surface area contributed by atoms with Gasteiger partial charge in [-0.1, -0.05) is 0 Å². The first-order valence-electron chi connectivity index (χ1n) is 5.97. The second-order valence-electron chi connectivity index (χ2n) is 4.55. The van der Waals surface area contributed by atoms with Crippen molar-refractivity contribution in [2.75, 3.05) is 0 Å². The summed E-state index contributed by atoms with van der Waals surface area (Å²) in [7, 11) is 0. The number of carbonyl (C=O) groups is 1. The number of amides is 1. The van der Waals surface area contributed by atoms with E-state index in [1.165, 1.54) is 0 Å². The molecule has 4 heteroatoms. The lowest BCUT2D eigenvalue weighted by atomic mass is 10.1. The summed E-state index contributed by atoms with van der Waals surface area (Å²) in [5.41, 5.74) is 1.13. The Labute approximate surface area is 103 Å². The summed E-state index contributed by atoms with van der Waals surface area (Å²) in [6.07, 6.45) is 3.51. The molecule has 0 bridgehead atoms. The van der Waals surface area contributed by atoms with E-state index in [-0.39, 0.29) is 24.0 Å². The van der Waals surface area contributed by atoms with E-state index < -0.39 is 0 Å². The summed E-state index contributed by atoms with van der Waals surface area (Å²) in [4.78, 5) is 15.7. The van der Waals surface area contributed by atoms with Gasteiger partial charge in [0.15, 0.2) is 0 Å². The number of carbonyl (C=O) groups excluding carboxylic acids is 1. The van der Waals surface area contributed by atoms with Gasteiger partial charge in [-0.25, -0.2) is 0 Å². The minimum atomic E-state index is -0.208. The van der Waals surface area contributed by atoms with E-state index >= 15 is 0 Å². The zero-order chi connectivity index (χ0) is 12.8. The maximum absolute atomic E-state index is 11.7. The third-order valence-corrected chi connectivity index (χ3v) is 2.53. The van der Waals surface area contributed by atoms with Gasteiger partial charge in [0.25, 0.3) is 0 Å². The molecule has 0 spiro atoms. The summed E-state index contributed by atoms with van der Waals surface area (Å²) < 4.78 is 0. The highest BCUT2D eigenvalue weighted by atomic mass is 16.2. The first kappa shape index (κ1) is 13.6.